The first-order valence-corrected chi connectivity index (χ1v) is 9.91. The highest BCUT2D eigenvalue weighted by Gasteiger charge is 2.12. The topological polar surface area (TPSA) is 27.2 Å². The zero-order valence-corrected chi connectivity index (χ0v) is 17.5. The largest absolute Gasteiger partial charge is 0.315 e. The molecule has 142 valence electrons. The van der Waals surface area contributed by atoms with Crippen molar-refractivity contribution in [2.45, 2.75) is 39.4 Å². The van der Waals surface area contributed by atoms with Crippen molar-refractivity contribution in [1.29, 1.82) is 0 Å². The van der Waals surface area contributed by atoms with Crippen LogP contribution in [0.15, 0.2) is 54.6 Å². The number of nitrogens with zero attached hydrogens (tertiary/aromatic N) is 3. The molecule has 0 bridgehead atoms. The van der Waals surface area contributed by atoms with Crippen LogP contribution in [-0.4, -0.2) is 21.4 Å². The van der Waals surface area contributed by atoms with Gasteiger partial charge in [-0.05, 0) is 29.3 Å². The number of rotatable bonds is 7. The number of hydrogen-bond acceptors (Lipinski definition) is 2. The Morgan fingerprint density at radius 1 is 1.00 bits per heavy atom. The zero-order chi connectivity index (χ0) is 19.4. The second-order valence-corrected chi connectivity index (χ2v) is 7.97. The van der Waals surface area contributed by atoms with E-state index in [1.54, 1.807) is 0 Å². The fourth-order valence-electron chi connectivity index (χ4n) is 3.25. The highest BCUT2D eigenvalue weighted by atomic mass is 32.1. The van der Waals surface area contributed by atoms with Crippen molar-refractivity contribution >= 4 is 12.2 Å². The molecule has 0 saturated heterocycles. The molecule has 1 aromatic heterocycles. The molecule has 0 radical (unpaired) electrons. The van der Waals surface area contributed by atoms with Crippen molar-refractivity contribution in [3.05, 3.63) is 81.9 Å². The average Bonchev–Trinajstić information content (AvgIpc) is 2.91. The van der Waals surface area contributed by atoms with Gasteiger partial charge in [0.05, 0.1) is 7.05 Å². The Morgan fingerprint density at radius 3 is 2.30 bits per heavy atom. The monoisotopic (exact) mass is 381 g/mol. The van der Waals surface area contributed by atoms with Crippen molar-refractivity contribution < 1.29 is 4.90 Å². The first-order chi connectivity index (χ1) is 12.9. The maximum Gasteiger partial charge on any atom is 0.202 e. The molecule has 2 aromatic carbocycles. The van der Waals surface area contributed by atoms with Crippen molar-refractivity contribution in [3.63, 3.8) is 0 Å². The minimum atomic E-state index is 0.569. The first kappa shape index (κ1) is 19.5. The predicted molar refractivity (Wildman–Crippen MR) is 112 cm³/mol. The Hall–Kier alpha value is -2.24. The summed E-state index contributed by atoms with van der Waals surface area (Å²) in [5.74, 6) is 1.57. The molecule has 0 aliphatic heterocycles. The van der Waals surface area contributed by atoms with Crippen molar-refractivity contribution in [2.24, 2.45) is 7.05 Å². The summed E-state index contributed by atoms with van der Waals surface area (Å²) in [6.45, 7) is 6.16. The van der Waals surface area contributed by atoms with E-state index < -0.39 is 0 Å². The number of benzene rings is 2. The summed E-state index contributed by atoms with van der Waals surface area (Å²) in [7, 11) is 4.19. The van der Waals surface area contributed by atoms with Gasteiger partial charge in [-0.15, -0.1) is 0 Å². The van der Waals surface area contributed by atoms with Gasteiger partial charge < -0.3 is 9.47 Å². The van der Waals surface area contributed by atoms with E-state index in [0.29, 0.717) is 5.92 Å². The van der Waals surface area contributed by atoms with Gasteiger partial charge in [-0.2, -0.15) is 9.78 Å². The van der Waals surface area contributed by atoms with Crippen molar-refractivity contribution in [1.82, 2.24) is 14.3 Å². The molecule has 0 amide bonds. The van der Waals surface area contributed by atoms with E-state index in [-0.39, 0.29) is 0 Å². The highest BCUT2D eigenvalue weighted by Crippen LogP contribution is 2.14. The van der Waals surface area contributed by atoms with Gasteiger partial charge >= 0.3 is 0 Å². The van der Waals surface area contributed by atoms with Crippen LogP contribution in [0.25, 0.3) is 0 Å². The molecule has 1 unspecified atom stereocenters. The van der Waals surface area contributed by atoms with Gasteiger partial charge in [0.1, 0.15) is 12.4 Å². The van der Waals surface area contributed by atoms with E-state index in [1.807, 2.05) is 22.4 Å². The predicted octanol–water partition coefficient (Wildman–Crippen LogP) is 3.34. The Labute approximate surface area is 167 Å². The maximum atomic E-state index is 5.61. The third-order valence-electron chi connectivity index (χ3n) is 4.91. The third kappa shape index (κ3) is 4.93. The smallest absolute Gasteiger partial charge is 0.202 e. The van der Waals surface area contributed by atoms with Crippen LogP contribution in [0.4, 0.5) is 0 Å². The van der Waals surface area contributed by atoms with Crippen LogP contribution >= 0.6 is 12.2 Å². The Balaban J connectivity index is 1.68. The van der Waals surface area contributed by atoms with Crippen LogP contribution in [0, 0.1) is 4.77 Å². The Bertz CT molecular complexity index is 923. The minimum absolute atomic E-state index is 0.569. The Kier molecular flexibility index (Phi) is 6.24. The molecule has 27 heavy (non-hydrogen) atoms. The van der Waals surface area contributed by atoms with Crippen molar-refractivity contribution in [3.8, 4) is 0 Å². The van der Waals surface area contributed by atoms with Gasteiger partial charge in [-0.3, -0.25) is 0 Å². The standard InChI is InChI=1S/C22H28N4S/c1-17(2)20-12-10-19(11-13-20)15-24(3)16-26-22(27)25(4)21(23-26)14-18-8-6-5-7-9-18/h5-13,17H,14-16H2,1-4H3/p+1. The van der Waals surface area contributed by atoms with Gasteiger partial charge in [-0.25, -0.2) is 0 Å². The van der Waals surface area contributed by atoms with Crippen LogP contribution in [0.1, 0.15) is 42.3 Å². The average molecular weight is 382 g/mol. The number of nitrogens with one attached hydrogen (secondary N) is 1. The van der Waals surface area contributed by atoms with Crippen LogP contribution in [0.2, 0.25) is 0 Å². The third-order valence-corrected chi connectivity index (χ3v) is 5.39. The van der Waals surface area contributed by atoms with Crippen LogP contribution in [0.5, 0.6) is 0 Å². The molecule has 1 atom stereocenters. The van der Waals surface area contributed by atoms with Crippen LogP contribution in [0.3, 0.4) is 0 Å². The molecule has 3 aromatic rings. The summed E-state index contributed by atoms with van der Waals surface area (Å²) < 4.78 is 4.74. The quantitative estimate of drug-likeness (QED) is 0.636. The Morgan fingerprint density at radius 2 is 1.67 bits per heavy atom. The van der Waals surface area contributed by atoms with E-state index in [9.17, 15) is 0 Å². The molecule has 0 saturated carbocycles. The molecular formula is C22H29N4S+. The minimum Gasteiger partial charge on any atom is -0.315 e. The van der Waals surface area contributed by atoms with Gasteiger partial charge in [0, 0.05) is 19.0 Å². The fraction of sp³-hybridized carbons (Fsp3) is 0.364. The molecule has 4 nitrogen and oxygen atoms in total. The van der Waals surface area contributed by atoms with Crippen LogP contribution < -0.4 is 4.90 Å². The normalized spacial score (nSPS) is 12.5. The molecule has 5 heteroatoms. The van der Waals surface area contributed by atoms with Crippen LogP contribution in [-0.2, 0) is 26.7 Å². The number of aromatic nitrogens is 3. The molecule has 0 aliphatic carbocycles. The van der Waals surface area contributed by atoms with Gasteiger partial charge in [0.2, 0.25) is 4.77 Å². The summed E-state index contributed by atoms with van der Waals surface area (Å²) in [6, 6.07) is 19.3. The van der Waals surface area contributed by atoms with E-state index in [1.165, 1.54) is 21.6 Å². The lowest BCUT2D eigenvalue weighted by Crippen LogP contribution is -3.07. The maximum absolute atomic E-state index is 5.61. The second-order valence-electron chi connectivity index (χ2n) is 7.61. The second kappa shape index (κ2) is 8.63. The summed E-state index contributed by atoms with van der Waals surface area (Å²) in [5, 5.41) is 4.78. The van der Waals surface area contributed by atoms with E-state index >= 15 is 0 Å². The van der Waals surface area contributed by atoms with Crippen molar-refractivity contribution in [2.75, 3.05) is 7.05 Å². The fourth-order valence-corrected chi connectivity index (χ4v) is 3.46. The SMILES string of the molecule is CC(C)c1ccc(C[NH+](C)Cn2nc(Cc3ccccc3)n(C)c2=S)cc1. The van der Waals surface area contributed by atoms with Gasteiger partial charge in [0.25, 0.3) is 0 Å². The molecule has 0 aliphatic rings. The summed E-state index contributed by atoms with van der Waals surface area (Å²) in [5.41, 5.74) is 3.97. The summed E-state index contributed by atoms with van der Waals surface area (Å²) in [4.78, 5) is 1.35. The zero-order valence-electron chi connectivity index (χ0n) is 16.6. The molecular weight excluding hydrogens is 352 g/mol. The molecule has 1 N–H and O–H groups in total. The first-order valence-electron chi connectivity index (χ1n) is 9.51. The molecule has 3 rings (SSSR count). The summed E-state index contributed by atoms with van der Waals surface area (Å²) >= 11 is 5.61. The molecule has 0 spiro atoms. The summed E-state index contributed by atoms with van der Waals surface area (Å²) in [6.07, 6.45) is 0.795. The lowest BCUT2D eigenvalue weighted by Gasteiger charge is -2.14. The number of hydrogen-bond donors (Lipinski definition) is 1. The number of quaternary nitrogens is 1. The lowest BCUT2D eigenvalue weighted by atomic mass is 10.0. The highest BCUT2D eigenvalue weighted by molar-refractivity contribution is 7.71. The lowest BCUT2D eigenvalue weighted by molar-refractivity contribution is -0.917. The van der Waals surface area contributed by atoms with E-state index in [0.717, 1.165) is 30.2 Å². The molecule has 1 heterocycles. The van der Waals surface area contributed by atoms with E-state index in [2.05, 4.69) is 69.4 Å². The van der Waals surface area contributed by atoms with Gasteiger partial charge in [0.15, 0.2) is 6.67 Å². The molecule has 0 fully saturated rings. The van der Waals surface area contributed by atoms with Gasteiger partial charge in [-0.1, -0.05) is 68.4 Å². The van der Waals surface area contributed by atoms with E-state index in [4.69, 9.17) is 17.3 Å².